The van der Waals surface area contributed by atoms with Gasteiger partial charge in [-0.3, -0.25) is 9.59 Å². The molecule has 0 bridgehead atoms. The third kappa shape index (κ3) is 4.89. The van der Waals surface area contributed by atoms with Gasteiger partial charge in [0.05, 0.1) is 12.1 Å². The number of primary amides is 1. The first-order valence-electron chi connectivity index (χ1n) is 12.3. The molecule has 2 aliphatic heterocycles. The minimum Gasteiger partial charge on any atom is -0.368 e. The van der Waals surface area contributed by atoms with Gasteiger partial charge in [-0.2, -0.15) is 5.26 Å². The molecule has 2 unspecified atom stereocenters. The summed E-state index contributed by atoms with van der Waals surface area (Å²) in [5, 5.41) is 9.70. The minimum atomic E-state index is -0.712. The zero-order chi connectivity index (χ0) is 25.8. The molecule has 2 fully saturated rings. The third-order valence-electron chi connectivity index (χ3n) is 7.10. The average molecular weight is 503 g/mol. The molecule has 4 rings (SSSR count). The van der Waals surface area contributed by atoms with Crippen molar-refractivity contribution in [2.75, 3.05) is 24.5 Å². The number of rotatable bonds is 7. The van der Waals surface area contributed by atoms with Crippen LogP contribution < -0.4 is 10.6 Å². The second kappa shape index (κ2) is 11.0. The van der Waals surface area contributed by atoms with E-state index in [0.717, 1.165) is 43.1 Å². The molecule has 2 atom stereocenters. The van der Waals surface area contributed by atoms with Crippen molar-refractivity contribution in [2.45, 2.75) is 55.8 Å². The summed E-state index contributed by atoms with van der Waals surface area (Å²) in [6, 6.07) is 11.6. The standard InChI is InChI=1S/C27H30N6O2S/c1-4-20-21(16-28)26(36-23(24(29)34)18-8-6-5-7-9-18)31-25(22(20)30-3)32-13-11-19(12-14-32)33-15-10-17(2)27(33)35/h5-9,17,19,23H,4,10-15H2,1-2H3,(H2,29,34). The van der Waals surface area contributed by atoms with Gasteiger partial charge in [-0.15, -0.1) is 0 Å². The lowest BCUT2D eigenvalue weighted by Gasteiger charge is -2.38. The molecule has 2 aromatic rings. The lowest BCUT2D eigenvalue weighted by Crippen LogP contribution is -2.46. The molecule has 8 nitrogen and oxygen atoms in total. The molecule has 2 aliphatic rings. The Balaban J connectivity index is 1.67. The predicted molar refractivity (Wildman–Crippen MR) is 140 cm³/mol. The van der Waals surface area contributed by atoms with Crippen LogP contribution >= 0.6 is 11.8 Å². The normalized spacial score (nSPS) is 19.1. The number of carbonyl (C=O) groups excluding carboxylic acids is 2. The van der Waals surface area contributed by atoms with Gasteiger partial charge in [-0.25, -0.2) is 9.83 Å². The highest BCUT2D eigenvalue weighted by atomic mass is 32.2. The van der Waals surface area contributed by atoms with Gasteiger partial charge in [0.1, 0.15) is 22.2 Å². The minimum absolute atomic E-state index is 0.0893. The Hall–Kier alpha value is -3.56. The molecular weight excluding hydrogens is 472 g/mol. The van der Waals surface area contributed by atoms with E-state index in [1.807, 2.05) is 49.1 Å². The number of nitriles is 1. The highest BCUT2D eigenvalue weighted by molar-refractivity contribution is 8.00. The van der Waals surface area contributed by atoms with Crippen LogP contribution in [-0.2, 0) is 16.0 Å². The number of hydrogen-bond acceptors (Lipinski definition) is 6. The number of thioether (sulfide) groups is 1. The van der Waals surface area contributed by atoms with Gasteiger partial charge >= 0.3 is 0 Å². The van der Waals surface area contributed by atoms with Gasteiger partial charge < -0.3 is 15.5 Å². The quantitative estimate of drug-likeness (QED) is 0.449. The molecule has 0 spiro atoms. The van der Waals surface area contributed by atoms with Crippen molar-refractivity contribution in [3.05, 3.63) is 58.4 Å². The van der Waals surface area contributed by atoms with Crippen LogP contribution in [0.3, 0.4) is 0 Å². The molecule has 9 heteroatoms. The van der Waals surface area contributed by atoms with E-state index >= 15 is 0 Å². The lowest BCUT2D eigenvalue weighted by molar-refractivity contribution is -0.132. The highest BCUT2D eigenvalue weighted by Crippen LogP contribution is 2.43. The van der Waals surface area contributed by atoms with Crippen LogP contribution in [0.2, 0.25) is 0 Å². The first-order valence-corrected chi connectivity index (χ1v) is 13.2. The van der Waals surface area contributed by atoms with Crippen LogP contribution in [0, 0.1) is 23.8 Å². The van der Waals surface area contributed by atoms with E-state index in [9.17, 15) is 14.9 Å². The van der Waals surface area contributed by atoms with Crippen LogP contribution in [0.5, 0.6) is 0 Å². The smallest absolute Gasteiger partial charge is 0.235 e. The molecule has 186 valence electrons. The molecule has 1 aromatic carbocycles. The number of carbonyl (C=O) groups is 2. The molecule has 0 aliphatic carbocycles. The lowest BCUT2D eigenvalue weighted by atomic mass is 10.0. The number of likely N-dealkylation sites (tertiary alicyclic amines) is 1. The summed E-state index contributed by atoms with van der Waals surface area (Å²) in [5.41, 5.74) is 7.84. The number of piperidine rings is 1. The van der Waals surface area contributed by atoms with Gasteiger partial charge in [-0.1, -0.05) is 55.9 Å². The van der Waals surface area contributed by atoms with Gasteiger partial charge in [0.25, 0.3) is 0 Å². The zero-order valence-corrected chi connectivity index (χ0v) is 21.4. The molecule has 36 heavy (non-hydrogen) atoms. The number of hydrogen-bond donors (Lipinski definition) is 1. The van der Waals surface area contributed by atoms with E-state index < -0.39 is 11.2 Å². The van der Waals surface area contributed by atoms with Gasteiger partial charge in [0.15, 0.2) is 0 Å². The van der Waals surface area contributed by atoms with Crippen LogP contribution in [0.1, 0.15) is 55.1 Å². The van der Waals surface area contributed by atoms with E-state index in [0.29, 0.717) is 47.2 Å². The summed E-state index contributed by atoms with van der Waals surface area (Å²) in [4.78, 5) is 37.6. The van der Waals surface area contributed by atoms with Crippen molar-refractivity contribution in [3.63, 3.8) is 0 Å². The van der Waals surface area contributed by atoms with Crippen molar-refractivity contribution < 1.29 is 9.59 Å². The maximum atomic E-state index is 12.5. The van der Waals surface area contributed by atoms with Crippen molar-refractivity contribution in [1.29, 1.82) is 5.26 Å². The van der Waals surface area contributed by atoms with Crippen LogP contribution in [0.4, 0.5) is 11.5 Å². The van der Waals surface area contributed by atoms with Gasteiger partial charge in [0, 0.05) is 31.6 Å². The molecule has 3 heterocycles. The second-order valence-corrected chi connectivity index (χ2v) is 10.4. The number of pyridine rings is 1. The summed E-state index contributed by atoms with van der Waals surface area (Å²) < 4.78 is 0. The molecule has 0 saturated carbocycles. The Bertz CT molecular complexity index is 1230. The molecular formula is C27H30N6O2S. The maximum absolute atomic E-state index is 12.5. The SMILES string of the molecule is [C-]#[N+]c1c(N2CCC(N3CCC(C)C3=O)CC2)nc(SC(C(N)=O)c2ccccc2)c(C#N)c1CC. The van der Waals surface area contributed by atoms with Crippen LogP contribution in [0.15, 0.2) is 35.4 Å². The topological polar surface area (TPSA) is 108 Å². The first-order chi connectivity index (χ1) is 17.4. The zero-order valence-electron chi connectivity index (χ0n) is 20.6. The predicted octanol–water partition coefficient (Wildman–Crippen LogP) is 4.22. The number of anilines is 1. The number of amides is 2. The second-order valence-electron chi connectivity index (χ2n) is 9.27. The Morgan fingerprint density at radius 2 is 1.97 bits per heavy atom. The van der Waals surface area contributed by atoms with Crippen molar-refractivity contribution >= 4 is 35.1 Å². The average Bonchev–Trinajstić information content (AvgIpc) is 3.24. The largest absolute Gasteiger partial charge is 0.368 e. The fourth-order valence-corrected chi connectivity index (χ4v) is 6.16. The van der Waals surface area contributed by atoms with Gasteiger partial charge in [-0.05, 0) is 36.8 Å². The Morgan fingerprint density at radius 1 is 1.28 bits per heavy atom. The van der Waals surface area contributed by atoms with Gasteiger partial charge in [0.2, 0.25) is 17.5 Å². The molecule has 1 aromatic heterocycles. The van der Waals surface area contributed by atoms with Crippen molar-refractivity contribution in [1.82, 2.24) is 9.88 Å². The molecule has 2 amide bonds. The summed E-state index contributed by atoms with van der Waals surface area (Å²) in [7, 11) is 0. The molecule has 2 N–H and O–H groups in total. The third-order valence-corrected chi connectivity index (χ3v) is 8.36. The first kappa shape index (κ1) is 25.5. The summed E-state index contributed by atoms with van der Waals surface area (Å²) in [6.45, 7) is 13.9. The maximum Gasteiger partial charge on any atom is 0.235 e. The number of nitrogens with zero attached hydrogens (tertiary/aromatic N) is 5. The highest BCUT2D eigenvalue weighted by Gasteiger charge is 2.36. The summed E-state index contributed by atoms with van der Waals surface area (Å²) >= 11 is 1.16. The Kier molecular flexibility index (Phi) is 7.81. The van der Waals surface area contributed by atoms with E-state index in [1.54, 1.807) is 0 Å². The summed E-state index contributed by atoms with van der Waals surface area (Å²) in [5.74, 6) is 0.346. The van der Waals surface area contributed by atoms with E-state index in [1.165, 1.54) is 0 Å². The van der Waals surface area contributed by atoms with Crippen LogP contribution in [0.25, 0.3) is 4.85 Å². The number of benzene rings is 1. The van der Waals surface area contributed by atoms with Crippen molar-refractivity contribution in [3.8, 4) is 6.07 Å². The summed E-state index contributed by atoms with van der Waals surface area (Å²) in [6.07, 6.45) is 3.00. The number of aromatic nitrogens is 1. The van der Waals surface area contributed by atoms with E-state index in [-0.39, 0.29) is 17.9 Å². The van der Waals surface area contributed by atoms with Crippen LogP contribution in [-0.4, -0.2) is 47.4 Å². The molecule has 0 radical (unpaired) electrons. The Labute approximate surface area is 216 Å². The number of nitrogens with two attached hydrogens (primary N) is 1. The fraction of sp³-hybridized carbons (Fsp3) is 0.444. The van der Waals surface area contributed by atoms with E-state index in [2.05, 4.69) is 15.8 Å². The monoisotopic (exact) mass is 502 g/mol. The Morgan fingerprint density at radius 3 is 2.50 bits per heavy atom. The van der Waals surface area contributed by atoms with E-state index in [4.69, 9.17) is 17.3 Å². The van der Waals surface area contributed by atoms with Crippen molar-refractivity contribution in [2.24, 2.45) is 11.7 Å². The fourth-order valence-electron chi connectivity index (χ4n) is 5.10. The molecule has 2 saturated heterocycles.